The second kappa shape index (κ2) is 3.39. The summed E-state index contributed by atoms with van der Waals surface area (Å²) in [7, 11) is 0. The Morgan fingerprint density at radius 2 is 2.29 bits per heavy atom. The number of anilines is 1. The van der Waals surface area contributed by atoms with Crippen LogP contribution in [0, 0.1) is 3.57 Å². The third kappa shape index (κ3) is 1.36. The van der Waals surface area contributed by atoms with Crippen LogP contribution < -0.4 is 5.73 Å². The Labute approximate surface area is 97.7 Å². The third-order valence-corrected chi connectivity index (χ3v) is 3.72. The Kier molecular flexibility index (Phi) is 2.36. The maximum Gasteiger partial charge on any atom is 0.338 e. The number of carbonyl (C=O) groups is 1. The van der Waals surface area contributed by atoms with Crippen molar-refractivity contribution in [1.29, 1.82) is 0 Å². The van der Waals surface area contributed by atoms with Crippen molar-refractivity contribution in [1.82, 2.24) is 0 Å². The first-order valence-electron chi connectivity index (χ1n) is 3.79. The van der Waals surface area contributed by atoms with Crippen LogP contribution in [0.1, 0.15) is 10.4 Å². The van der Waals surface area contributed by atoms with Crippen molar-refractivity contribution >= 4 is 55.7 Å². The number of nitrogen functional groups attached to an aromatic ring is 1. The smallest absolute Gasteiger partial charge is 0.338 e. The minimum atomic E-state index is -0.901. The summed E-state index contributed by atoms with van der Waals surface area (Å²) in [6, 6.07) is 3.54. The van der Waals surface area contributed by atoms with Crippen molar-refractivity contribution in [3.05, 3.63) is 26.6 Å². The Morgan fingerprint density at radius 3 is 2.93 bits per heavy atom. The van der Waals surface area contributed by atoms with E-state index in [4.69, 9.17) is 10.8 Å². The van der Waals surface area contributed by atoms with E-state index in [1.54, 1.807) is 6.07 Å². The van der Waals surface area contributed by atoms with Crippen LogP contribution >= 0.6 is 33.9 Å². The molecule has 0 aliphatic carbocycles. The van der Waals surface area contributed by atoms with Gasteiger partial charge in [-0.2, -0.15) is 0 Å². The SMILES string of the molecule is Nc1cc(I)c(C(=O)O)c2sccc12. The van der Waals surface area contributed by atoms with Crippen LogP contribution in [0.25, 0.3) is 10.1 Å². The maximum atomic E-state index is 11.0. The number of nitrogens with two attached hydrogens (primary N) is 1. The van der Waals surface area contributed by atoms with E-state index in [1.165, 1.54) is 11.3 Å². The van der Waals surface area contributed by atoms with Crippen molar-refractivity contribution < 1.29 is 9.90 Å². The number of carboxylic acids is 1. The fourth-order valence-electron chi connectivity index (χ4n) is 1.32. The molecule has 0 amide bonds. The molecule has 0 fully saturated rings. The molecule has 2 aromatic rings. The molecule has 14 heavy (non-hydrogen) atoms. The molecule has 0 aliphatic rings. The minimum Gasteiger partial charge on any atom is -0.478 e. The van der Waals surface area contributed by atoms with Crippen molar-refractivity contribution in [2.75, 3.05) is 5.73 Å². The summed E-state index contributed by atoms with van der Waals surface area (Å²) < 4.78 is 1.43. The van der Waals surface area contributed by atoms with Gasteiger partial charge in [0.1, 0.15) is 0 Å². The summed E-state index contributed by atoms with van der Waals surface area (Å²) >= 11 is 3.40. The Balaban J connectivity index is 2.93. The van der Waals surface area contributed by atoms with Gasteiger partial charge in [0.2, 0.25) is 0 Å². The standard InChI is InChI=1S/C9H6INO2S/c10-5-3-6(11)4-1-2-14-8(4)7(5)9(12)13/h1-3H,11H2,(H,12,13). The van der Waals surface area contributed by atoms with Crippen molar-refractivity contribution in [2.24, 2.45) is 0 Å². The van der Waals surface area contributed by atoms with Crippen LogP contribution in [0.2, 0.25) is 0 Å². The lowest BCUT2D eigenvalue weighted by Gasteiger charge is -2.03. The van der Waals surface area contributed by atoms with Gasteiger partial charge in [-0.3, -0.25) is 0 Å². The summed E-state index contributed by atoms with van der Waals surface area (Å²) in [6.45, 7) is 0. The van der Waals surface area contributed by atoms with E-state index in [0.29, 0.717) is 14.8 Å². The average molecular weight is 319 g/mol. The summed E-state index contributed by atoms with van der Waals surface area (Å²) in [6.07, 6.45) is 0. The number of halogens is 1. The van der Waals surface area contributed by atoms with Gasteiger partial charge >= 0.3 is 5.97 Å². The molecule has 0 atom stereocenters. The Hall–Kier alpha value is -0.820. The average Bonchev–Trinajstić information content (AvgIpc) is 2.51. The molecule has 2 rings (SSSR count). The van der Waals surface area contributed by atoms with Crippen LogP contribution in [-0.2, 0) is 0 Å². The van der Waals surface area contributed by atoms with E-state index < -0.39 is 5.97 Å². The molecule has 0 radical (unpaired) electrons. The summed E-state index contributed by atoms with van der Waals surface area (Å²) in [5.41, 5.74) is 6.77. The Morgan fingerprint density at radius 1 is 1.57 bits per heavy atom. The van der Waals surface area contributed by atoms with Crippen molar-refractivity contribution in [3.63, 3.8) is 0 Å². The first-order valence-corrected chi connectivity index (χ1v) is 5.75. The third-order valence-electron chi connectivity index (χ3n) is 1.94. The van der Waals surface area contributed by atoms with Crippen LogP contribution in [0.5, 0.6) is 0 Å². The van der Waals surface area contributed by atoms with Gasteiger partial charge < -0.3 is 10.8 Å². The van der Waals surface area contributed by atoms with Gasteiger partial charge in [-0.1, -0.05) is 0 Å². The quantitative estimate of drug-likeness (QED) is 0.627. The zero-order chi connectivity index (χ0) is 10.3. The molecule has 1 aromatic carbocycles. The van der Waals surface area contributed by atoms with Crippen molar-refractivity contribution in [3.8, 4) is 0 Å². The first-order chi connectivity index (χ1) is 6.61. The molecule has 0 bridgehead atoms. The Bertz CT molecular complexity index is 521. The van der Waals surface area contributed by atoms with Gasteiger partial charge in [0.15, 0.2) is 0 Å². The van der Waals surface area contributed by atoms with E-state index in [1.807, 2.05) is 34.0 Å². The highest BCUT2D eigenvalue weighted by atomic mass is 127. The van der Waals surface area contributed by atoms with Crippen LogP contribution in [0.4, 0.5) is 5.69 Å². The van der Waals surface area contributed by atoms with Gasteiger partial charge in [-0.15, -0.1) is 11.3 Å². The molecule has 0 saturated carbocycles. The first kappa shape index (κ1) is 9.72. The normalized spacial score (nSPS) is 10.6. The lowest BCUT2D eigenvalue weighted by molar-refractivity contribution is 0.0698. The minimum absolute atomic E-state index is 0.352. The monoisotopic (exact) mass is 319 g/mol. The number of hydrogen-bond acceptors (Lipinski definition) is 3. The number of aromatic carboxylic acids is 1. The summed E-state index contributed by atoms with van der Waals surface area (Å²) in [5, 5.41) is 11.7. The van der Waals surface area contributed by atoms with Crippen molar-refractivity contribution in [2.45, 2.75) is 0 Å². The van der Waals surface area contributed by atoms with Gasteiger partial charge in [0.05, 0.1) is 10.3 Å². The molecular weight excluding hydrogens is 313 g/mol. The lowest BCUT2D eigenvalue weighted by atomic mass is 10.1. The number of fused-ring (bicyclic) bond motifs is 1. The zero-order valence-electron chi connectivity index (χ0n) is 6.95. The molecule has 1 heterocycles. The predicted molar refractivity (Wildman–Crippen MR) is 65.9 cm³/mol. The van der Waals surface area contributed by atoms with E-state index in [9.17, 15) is 4.79 Å². The maximum absolute atomic E-state index is 11.0. The fourth-order valence-corrected chi connectivity index (χ4v) is 3.31. The molecule has 72 valence electrons. The fraction of sp³-hybridized carbons (Fsp3) is 0. The summed E-state index contributed by atoms with van der Waals surface area (Å²) in [5.74, 6) is -0.901. The van der Waals surface area contributed by atoms with E-state index in [2.05, 4.69) is 0 Å². The van der Waals surface area contributed by atoms with Gasteiger partial charge in [-0.05, 0) is 40.1 Å². The molecule has 3 N–H and O–H groups in total. The molecule has 0 aliphatic heterocycles. The second-order valence-corrected chi connectivity index (χ2v) is 4.87. The molecular formula is C9H6INO2S. The molecule has 1 aromatic heterocycles. The van der Waals surface area contributed by atoms with Crippen LogP contribution in [0.15, 0.2) is 17.5 Å². The highest BCUT2D eigenvalue weighted by Crippen LogP contribution is 2.32. The number of rotatable bonds is 1. The number of thiophene rings is 1. The predicted octanol–water partition coefficient (Wildman–Crippen LogP) is 2.79. The molecule has 0 saturated heterocycles. The number of carboxylic acid groups (broad SMARTS) is 1. The summed E-state index contributed by atoms with van der Waals surface area (Å²) in [4.78, 5) is 11.0. The largest absolute Gasteiger partial charge is 0.478 e. The van der Waals surface area contributed by atoms with Crippen LogP contribution in [0.3, 0.4) is 0 Å². The number of benzene rings is 1. The zero-order valence-corrected chi connectivity index (χ0v) is 9.93. The van der Waals surface area contributed by atoms with E-state index >= 15 is 0 Å². The van der Waals surface area contributed by atoms with E-state index in [0.717, 1.165) is 10.1 Å². The molecule has 3 nitrogen and oxygen atoms in total. The molecule has 0 unspecified atom stereocenters. The highest BCUT2D eigenvalue weighted by molar-refractivity contribution is 14.1. The topological polar surface area (TPSA) is 63.3 Å². The van der Waals surface area contributed by atoms with Crippen LogP contribution in [-0.4, -0.2) is 11.1 Å². The highest BCUT2D eigenvalue weighted by Gasteiger charge is 2.15. The lowest BCUT2D eigenvalue weighted by Crippen LogP contribution is -2.01. The molecule has 5 heteroatoms. The van der Waals surface area contributed by atoms with Gasteiger partial charge in [-0.25, -0.2) is 4.79 Å². The second-order valence-electron chi connectivity index (χ2n) is 2.79. The van der Waals surface area contributed by atoms with Gasteiger partial charge in [0, 0.05) is 14.6 Å². The van der Waals surface area contributed by atoms with E-state index in [-0.39, 0.29) is 0 Å². The molecule has 0 spiro atoms. The van der Waals surface area contributed by atoms with Gasteiger partial charge in [0.25, 0.3) is 0 Å². The number of hydrogen-bond donors (Lipinski definition) is 2.